The molecule has 186 valence electrons. The number of fused-ring (bicyclic) bond motifs is 6. The summed E-state index contributed by atoms with van der Waals surface area (Å²) in [7, 11) is 0. The third kappa shape index (κ3) is 3.04. The first-order valence-electron chi connectivity index (χ1n) is 13.7. The van der Waals surface area contributed by atoms with Crippen LogP contribution in [0.1, 0.15) is 100 Å². The van der Waals surface area contributed by atoms with Gasteiger partial charge in [0.25, 0.3) is 0 Å². The summed E-state index contributed by atoms with van der Waals surface area (Å²) in [5.74, 6) is 1.21. The fourth-order valence-corrected chi connectivity index (χ4v) is 10.1. The van der Waals surface area contributed by atoms with Gasteiger partial charge in [0.05, 0.1) is 18.3 Å². The van der Waals surface area contributed by atoms with Gasteiger partial charge in [-0.1, -0.05) is 64.3 Å². The van der Waals surface area contributed by atoms with Crippen LogP contribution < -0.4 is 0 Å². The molecule has 4 aliphatic carbocycles. The predicted molar refractivity (Wildman–Crippen MR) is 134 cm³/mol. The maximum atomic E-state index is 11.2. The Hall–Kier alpha value is -0.640. The molecule has 3 heteroatoms. The van der Waals surface area contributed by atoms with Crippen LogP contribution in [0.2, 0.25) is 0 Å². The highest BCUT2D eigenvalue weighted by molar-refractivity contribution is 5.39. The monoisotopic (exact) mass is 456 g/mol. The van der Waals surface area contributed by atoms with E-state index in [1.54, 1.807) is 11.1 Å². The number of aliphatic hydroxyl groups excluding tert-OH is 2. The van der Waals surface area contributed by atoms with Crippen molar-refractivity contribution in [3.05, 3.63) is 22.8 Å². The maximum Gasteiger partial charge on any atom is 0.102 e. The molecule has 0 radical (unpaired) electrons. The molecule has 2 saturated carbocycles. The average Bonchev–Trinajstić information content (AvgIpc) is 2.96. The Bertz CT molecular complexity index is 881. The van der Waals surface area contributed by atoms with E-state index in [9.17, 15) is 10.2 Å². The Kier molecular flexibility index (Phi) is 5.42. The van der Waals surface area contributed by atoms with E-state index >= 15 is 0 Å². The van der Waals surface area contributed by atoms with Crippen LogP contribution in [0.25, 0.3) is 0 Å². The molecular weight excluding hydrogens is 408 g/mol. The largest absolute Gasteiger partial charge is 0.393 e. The molecule has 0 spiro atoms. The lowest BCUT2D eigenvalue weighted by Gasteiger charge is -2.62. The molecule has 1 saturated heterocycles. The van der Waals surface area contributed by atoms with Crippen molar-refractivity contribution < 1.29 is 14.9 Å². The van der Waals surface area contributed by atoms with Gasteiger partial charge in [-0.2, -0.15) is 0 Å². The quantitative estimate of drug-likeness (QED) is 0.447. The van der Waals surface area contributed by atoms with Gasteiger partial charge in [0.15, 0.2) is 0 Å². The summed E-state index contributed by atoms with van der Waals surface area (Å²) in [6.07, 6.45) is 9.45. The third-order valence-electron chi connectivity index (χ3n) is 12.0. The Balaban J connectivity index is 1.56. The van der Waals surface area contributed by atoms with E-state index in [4.69, 9.17) is 4.74 Å². The molecule has 0 aromatic heterocycles. The zero-order chi connectivity index (χ0) is 24.1. The standard InChI is InChI=1S/C30H48O3/c1-17(2)15-21-26(32)18(3)25-22(33-21)16-30(8)20-9-10-23-27(4,5)24(31)12-13-28(23,6)19(20)11-14-29(25,30)7/h15,18,21-26,31-32H,9-14,16H2,1-8H3/t18-,21-,22+,23+,24+,25-,26+,28+,29+,30-/m0/s1. The lowest BCUT2D eigenvalue weighted by Crippen LogP contribution is -2.56. The molecule has 0 bridgehead atoms. The molecule has 33 heavy (non-hydrogen) atoms. The predicted octanol–water partition coefficient (Wildman–Crippen LogP) is 6.44. The highest BCUT2D eigenvalue weighted by Crippen LogP contribution is 2.73. The lowest BCUT2D eigenvalue weighted by molar-refractivity contribution is -0.163. The first kappa shape index (κ1) is 24.1. The molecule has 0 amide bonds. The van der Waals surface area contributed by atoms with Crippen molar-refractivity contribution in [1.82, 2.24) is 0 Å². The molecule has 2 N–H and O–H groups in total. The van der Waals surface area contributed by atoms with Crippen molar-refractivity contribution in [2.45, 2.75) is 125 Å². The van der Waals surface area contributed by atoms with Gasteiger partial charge in [0.1, 0.15) is 6.10 Å². The van der Waals surface area contributed by atoms with Gasteiger partial charge in [-0.3, -0.25) is 0 Å². The Morgan fingerprint density at radius 3 is 2.33 bits per heavy atom. The minimum absolute atomic E-state index is 0.0177. The van der Waals surface area contributed by atoms with Crippen molar-refractivity contribution >= 4 is 0 Å². The van der Waals surface area contributed by atoms with Crippen LogP contribution in [-0.4, -0.2) is 34.6 Å². The van der Waals surface area contributed by atoms with Crippen molar-refractivity contribution in [2.24, 2.45) is 39.4 Å². The molecule has 5 rings (SSSR count). The number of hydrogen-bond donors (Lipinski definition) is 2. The summed E-state index contributed by atoms with van der Waals surface area (Å²) in [6.45, 7) is 18.7. The van der Waals surface area contributed by atoms with E-state index in [1.807, 2.05) is 0 Å². The first-order valence-corrected chi connectivity index (χ1v) is 13.7. The Labute approximate surface area is 202 Å². The van der Waals surface area contributed by atoms with Crippen molar-refractivity contribution in [3.8, 4) is 0 Å². The highest BCUT2D eigenvalue weighted by Gasteiger charge is 2.68. The van der Waals surface area contributed by atoms with Crippen LogP contribution >= 0.6 is 0 Å². The molecule has 5 aliphatic rings. The van der Waals surface area contributed by atoms with Crippen LogP contribution in [-0.2, 0) is 4.74 Å². The van der Waals surface area contributed by atoms with Crippen molar-refractivity contribution in [1.29, 1.82) is 0 Å². The zero-order valence-electron chi connectivity index (χ0n) is 22.4. The second-order valence-corrected chi connectivity index (χ2v) is 14.1. The molecule has 0 aromatic rings. The summed E-state index contributed by atoms with van der Waals surface area (Å²) in [6, 6.07) is 0. The number of ether oxygens (including phenoxy) is 1. The van der Waals surface area contributed by atoms with Crippen molar-refractivity contribution in [2.75, 3.05) is 0 Å². The highest BCUT2D eigenvalue weighted by atomic mass is 16.5. The zero-order valence-corrected chi connectivity index (χ0v) is 22.4. The first-order chi connectivity index (χ1) is 15.3. The smallest absolute Gasteiger partial charge is 0.102 e. The summed E-state index contributed by atoms with van der Waals surface area (Å²) < 4.78 is 6.70. The second-order valence-electron chi connectivity index (χ2n) is 14.1. The normalized spacial score (nSPS) is 53.0. The molecule has 3 nitrogen and oxygen atoms in total. The molecular formula is C30H48O3. The SMILES string of the molecule is CC(C)=C[C@@H]1O[C@@H]2C[C@@]3(C)C4=C(CC[C@]3(C)[C@H]2[C@H](C)[C@H]1O)[C@@]1(C)CC[C@@H](O)C(C)(C)[C@H]1CC4. The lowest BCUT2D eigenvalue weighted by atomic mass is 9.43. The van der Waals surface area contributed by atoms with Gasteiger partial charge in [-0.15, -0.1) is 0 Å². The third-order valence-corrected chi connectivity index (χ3v) is 12.0. The van der Waals surface area contributed by atoms with Gasteiger partial charge in [-0.05, 0) is 98.2 Å². The van der Waals surface area contributed by atoms with Crippen LogP contribution in [0.5, 0.6) is 0 Å². The van der Waals surface area contributed by atoms with Crippen LogP contribution in [0.4, 0.5) is 0 Å². The minimum atomic E-state index is -0.426. The number of allylic oxidation sites excluding steroid dienone is 3. The van der Waals surface area contributed by atoms with E-state index in [-0.39, 0.29) is 45.9 Å². The fraction of sp³-hybridized carbons (Fsp3) is 0.867. The van der Waals surface area contributed by atoms with Gasteiger partial charge >= 0.3 is 0 Å². The van der Waals surface area contributed by atoms with E-state index in [2.05, 4.69) is 61.5 Å². The topological polar surface area (TPSA) is 49.7 Å². The number of hydrogen-bond acceptors (Lipinski definition) is 3. The second kappa shape index (κ2) is 7.43. The average molecular weight is 457 g/mol. The molecule has 1 aliphatic heterocycles. The van der Waals surface area contributed by atoms with E-state index in [0.29, 0.717) is 11.8 Å². The molecule has 1 heterocycles. The van der Waals surface area contributed by atoms with Crippen LogP contribution in [0, 0.1) is 39.4 Å². The van der Waals surface area contributed by atoms with E-state index < -0.39 is 6.10 Å². The Morgan fingerprint density at radius 1 is 0.970 bits per heavy atom. The molecule has 3 fully saturated rings. The van der Waals surface area contributed by atoms with Crippen LogP contribution in [0.15, 0.2) is 22.8 Å². The summed E-state index contributed by atoms with van der Waals surface area (Å²) in [5, 5.41) is 22.1. The van der Waals surface area contributed by atoms with E-state index in [0.717, 1.165) is 19.3 Å². The molecule has 0 unspecified atom stereocenters. The van der Waals surface area contributed by atoms with Crippen LogP contribution in [0.3, 0.4) is 0 Å². The molecule has 0 aromatic carbocycles. The van der Waals surface area contributed by atoms with E-state index in [1.165, 1.54) is 31.3 Å². The fourth-order valence-electron chi connectivity index (χ4n) is 10.1. The van der Waals surface area contributed by atoms with Gasteiger partial charge in [-0.25, -0.2) is 0 Å². The maximum absolute atomic E-state index is 11.2. The van der Waals surface area contributed by atoms with Gasteiger partial charge in [0.2, 0.25) is 0 Å². The molecule has 10 atom stereocenters. The minimum Gasteiger partial charge on any atom is -0.393 e. The van der Waals surface area contributed by atoms with Gasteiger partial charge in [0, 0.05) is 0 Å². The van der Waals surface area contributed by atoms with Crippen molar-refractivity contribution in [3.63, 3.8) is 0 Å². The summed E-state index contributed by atoms with van der Waals surface area (Å²) in [4.78, 5) is 0. The van der Waals surface area contributed by atoms with Gasteiger partial charge < -0.3 is 14.9 Å². The summed E-state index contributed by atoms with van der Waals surface area (Å²) in [5.41, 5.74) is 5.20. The Morgan fingerprint density at radius 2 is 1.67 bits per heavy atom. The summed E-state index contributed by atoms with van der Waals surface area (Å²) >= 11 is 0. The number of rotatable bonds is 1. The number of aliphatic hydroxyl groups is 2.